The third kappa shape index (κ3) is 2.52. The highest BCUT2D eigenvalue weighted by Gasteiger charge is 2.13. The van der Waals surface area contributed by atoms with Gasteiger partial charge in [0.15, 0.2) is 0 Å². The summed E-state index contributed by atoms with van der Waals surface area (Å²) >= 11 is 18.3. The van der Waals surface area contributed by atoms with Gasteiger partial charge in [0, 0.05) is 10.0 Å². The topological polar surface area (TPSA) is 0 Å². The maximum atomic E-state index is 6.36. The van der Waals surface area contributed by atoms with Crippen molar-refractivity contribution in [1.82, 2.24) is 0 Å². The molecule has 0 nitrogen and oxygen atoms in total. The van der Waals surface area contributed by atoms with Gasteiger partial charge in [-0.2, -0.15) is 0 Å². The Labute approximate surface area is 110 Å². The lowest BCUT2D eigenvalue weighted by Gasteiger charge is -2.11. The Balaban J connectivity index is 2.35. The summed E-state index contributed by atoms with van der Waals surface area (Å²) in [6, 6.07) is 15.0. The summed E-state index contributed by atoms with van der Waals surface area (Å²) in [5.41, 5.74) is 1.90. The van der Waals surface area contributed by atoms with E-state index in [2.05, 4.69) is 0 Å². The monoisotopic (exact) mass is 270 g/mol. The van der Waals surface area contributed by atoms with Gasteiger partial charge in [0.2, 0.25) is 0 Å². The Kier molecular flexibility index (Phi) is 3.75. The van der Waals surface area contributed by atoms with E-state index in [4.69, 9.17) is 34.8 Å². The van der Waals surface area contributed by atoms with Crippen molar-refractivity contribution in [2.24, 2.45) is 0 Å². The molecule has 2 aromatic rings. The zero-order valence-corrected chi connectivity index (χ0v) is 10.6. The average molecular weight is 272 g/mol. The van der Waals surface area contributed by atoms with Gasteiger partial charge in [-0.25, -0.2) is 0 Å². The summed E-state index contributed by atoms with van der Waals surface area (Å²) < 4.78 is 0. The van der Waals surface area contributed by atoms with E-state index < -0.39 is 0 Å². The Morgan fingerprint density at radius 2 is 1.44 bits per heavy atom. The molecular weight excluding hydrogens is 263 g/mol. The van der Waals surface area contributed by atoms with Gasteiger partial charge in [-0.15, -0.1) is 11.6 Å². The fraction of sp³-hybridized carbons (Fsp3) is 0.0769. The van der Waals surface area contributed by atoms with Crippen LogP contribution in [-0.2, 0) is 0 Å². The highest BCUT2D eigenvalue weighted by Crippen LogP contribution is 2.33. The number of rotatable bonds is 2. The molecule has 0 bridgehead atoms. The van der Waals surface area contributed by atoms with E-state index in [-0.39, 0.29) is 5.38 Å². The lowest BCUT2D eigenvalue weighted by Crippen LogP contribution is -1.93. The first-order valence-electron chi connectivity index (χ1n) is 4.82. The minimum absolute atomic E-state index is 0.244. The van der Waals surface area contributed by atoms with Crippen molar-refractivity contribution in [2.45, 2.75) is 5.38 Å². The van der Waals surface area contributed by atoms with Gasteiger partial charge in [0.05, 0.1) is 5.38 Å². The average Bonchev–Trinajstić information content (AvgIpc) is 2.30. The van der Waals surface area contributed by atoms with Crippen molar-refractivity contribution in [1.29, 1.82) is 0 Å². The van der Waals surface area contributed by atoms with Crippen molar-refractivity contribution in [3.63, 3.8) is 0 Å². The number of halogens is 3. The van der Waals surface area contributed by atoms with Gasteiger partial charge in [0.1, 0.15) is 0 Å². The van der Waals surface area contributed by atoms with Crippen LogP contribution in [0.1, 0.15) is 16.5 Å². The summed E-state index contributed by atoms with van der Waals surface area (Å²) in [6.45, 7) is 0. The van der Waals surface area contributed by atoms with Crippen molar-refractivity contribution in [2.75, 3.05) is 0 Å². The zero-order valence-electron chi connectivity index (χ0n) is 8.33. The molecule has 2 aromatic carbocycles. The van der Waals surface area contributed by atoms with Crippen LogP contribution in [-0.4, -0.2) is 0 Å². The third-order valence-electron chi connectivity index (χ3n) is 2.34. The molecule has 3 heteroatoms. The number of hydrogen-bond donors (Lipinski definition) is 0. The first-order chi connectivity index (χ1) is 7.68. The van der Waals surface area contributed by atoms with E-state index >= 15 is 0 Å². The molecule has 0 N–H and O–H groups in total. The van der Waals surface area contributed by atoms with Crippen LogP contribution in [0.15, 0.2) is 48.5 Å². The van der Waals surface area contributed by atoms with Crippen molar-refractivity contribution < 1.29 is 0 Å². The third-order valence-corrected chi connectivity index (χ3v) is 3.42. The summed E-state index contributed by atoms with van der Waals surface area (Å²) in [6.07, 6.45) is 0. The summed E-state index contributed by atoms with van der Waals surface area (Å²) in [4.78, 5) is 0. The normalized spacial score (nSPS) is 12.4. The molecule has 2 rings (SSSR count). The molecule has 0 unspecified atom stereocenters. The van der Waals surface area contributed by atoms with Crippen LogP contribution in [0, 0.1) is 0 Å². The van der Waals surface area contributed by atoms with Gasteiger partial charge in [-0.05, 0) is 29.3 Å². The fourth-order valence-corrected chi connectivity index (χ4v) is 2.25. The van der Waals surface area contributed by atoms with E-state index in [1.807, 2.05) is 48.5 Å². The molecule has 0 fully saturated rings. The summed E-state index contributed by atoms with van der Waals surface area (Å²) in [5.74, 6) is 0. The highest BCUT2D eigenvalue weighted by molar-refractivity contribution is 6.33. The Morgan fingerprint density at radius 1 is 0.812 bits per heavy atom. The number of hydrogen-bond acceptors (Lipinski definition) is 0. The maximum Gasteiger partial charge on any atom is 0.0849 e. The van der Waals surface area contributed by atoms with E-state index in [0.717, 1.165) is 11.1 Å². The number of benzene rings is 2. The van der Waals surface area contributed by atoms with Gasteiger partial charge >= 0.3 is 0 Å². The van der Waals surface area contributed by atoms with Crippen LogP contribution in [0.2, 0.25) is 10.0 Å². The maximum absolute atomic E-state index is 6.36. The summed E-state index contributed by atoms with van der Waals surface area (Å²) in [7, 11) is 0. The first-order valence-corrected chi connectivity index (χ1v) is 6.01. The van der Waals surface area contributed by atoms with Crippen LogP contribution in [0.3, 0.4) is 0 Å². The molecule has 1 atom stereocenters. The van der Waals surface area contributed by atoms with Crippen molar-refractivity contribution in [3.05, 3.63) is 69.7 Å². The minimum Gasteiger partial charge on any atom is -0.113 e. The SMILES string of the molecule is Clc1ccc([C@H](Cl)c2ccccc2Cl)cc1. The molecule has 0 amide bonds. The molecule has 16 heavy (non-hydrogen) atoms. The predicted octanol–water partition coefficient (Wildman–Crippen LogP) is 5.32. The number of alkyl halides is 1. The molecule has 0 saturated heterocycles. The molecule has 0 aliphatic carbocycles. The van der Waals surface area contributed by atoms with Crippen LogP contribution in [0.4, 0.5) is 0 Å². The molecule has 0 aromatic heterocycles. The quantitative estimate of drug-likeness (QED) is 0.648. The van der Waals surface area contributed by atoms with Crippen LogP contribution >= 0.6 is 34.8 Å². The lowest BCUT2D eigenvalue weighted by atomic mass is 10.0. The smallest absolute Gasteiger partial charge is 0.0849 e. The Bertz CT molecular complexity index is 477. The molecule has 0 heterocycles. The zero-order chi connectivity index (χ0) is 11.5. The Hall–Kier alpha value is -0.690. The second-order valence-corrected chi connectivity index (χ2v) is 4.72. The van der Waals surface area contributed by atoms with E-state index in [1.165, 1.54) is 0 Å². The van der Waals surface area contributed by atoms with Crippen LogP contribution in [0.5, 0.6) is 0 Å². The van der Waals surface area contributed by atoms with E-state index in [1.54, 1.807) is 0 Å². The molecule has 0 spiro atoms. The van der Waals surface area contributed by atoms with E-state index in [9.17, 15) is 0 Å². The first kappa shape index (κ1) is 11.8. The summed E-state index contributed by atoms with van der Waals surface area (Å²) in [5, 5.41) is 1.13. The molecular formula is C13H9Cl3. The standard InChI is InChI=1S/C13H9Cl3/c14-10-7-5-9(6-8-10)13(16)11-3-1-2-4-12(11)15/h1-8,13H/t13-/m0/s1. The van der Waals surface area contributed by atoms with Gasteiger partial charge in [-0.1, -0.05) is 53.5 Å². The van der Waals surface area contributed by atoms with E-state index in [0.29, 0.717) is 10.0 Å². The van der Waals surface area contributed by atoms with Crippen LogP contribution < -0.4 is 0 Å². The highest BCUT2D eigenvalue weighted by atomic mass is 35.5. The largest absolute Gasteiger partial charge is 0.113 e. The molecule has 0 saturated carbocycles. The van der Waals surface area contributed by atoms with Crippen LogP contribution in [0.25, 0.3) is 0 Å². The molecule has 0 aliphatic rings. The fourth-order valence-electron chi connectivity index (χ4n) is 1.49. The van der Waals surface area contributed by atoms with Gasteiger partial charge in [0.25, 0.3) is 0 Å². The van der Waals surface area contributed by atoms with Crippen molar-refractivity contribution in [3.8, 4) is 0 Å². The lowest BCUT2D eigenvalue weighted by molar-refractivity contribution is 1.14. The molecule has 0 radical (unpaired) electrons. The minimum atomic E-state index is -0.244. The van der Waals surface area contributed by atoms with Crippen molar-refractivity contribution >= 4 is 34.8 Å². The second kappa shape index (κ2) is 5.09. The Morgan fingerprint density at radius 3 is 2.06 bits per heavy atom. The molecule has 0 aliphatic heterocycles. The predicted molar refractivity (Wildman–Crippen MR) is 70.6 cm³/mol. The second-order valence-electron chi connectivity index (χ2n) is 3.44. The molecule has 82 valence electrons. The van der Waals surface area contributed by atoms with Gasteiger partial charge < -0.3 is 0 Å². The van der Waals surface area contributed by atoms with Gasteiger partial charge in [-0.3, -0.25) is 0 Å².